The summed E-state index contributed by atoms with van der Waals surface area (Å²) in [6, 6.07) is 5.77. The highest BCUT2D eigenvalue weighted by Gasteiger charge is 2.60. The SMILES string of the molecule is COc1ccc2c(c1)c(C(=O)c1cc(OC)c(OC)cc1C(=O)OC(C(F)(F)F)C(F)(F)F)[n+]([O-])n2C. The van der Waals surface area contributed by atoms with Crippen LogP contribution in [-0.4, -0.2) is 56.2 Å². The van der Waals surface area contributed by atoms with Gasteiger partial charge in [0.05, 0.1) is 39.3 Å². The molecule has 0 aliphatic heterocycles. The lowest BCUT2D eigenvalue weighted by Gasteiger charge is -2.23. The van der Waals surface area contributed by atoms with Crippen molar-refractivity contribution >= 4 is 22.7 Å². The second-order valence-corrected chi connectivity index (χ2v) is 7.48. The van der Waals surface area contributed by atoms with Gasteiger partial charge in [0.2, 0.25) is 0 Å². The van der Waals surface area contributed by atoms with Gasteiger partial charge >= 0.3 is 18.3 Å². The lowest BCUT2D eigenvalue weighted by atomic mass is 9.98. The van der Waals surface area contributed by atoms with E-state index in [2.05, 4.69) is 4.74 Å². The predicted molar refractivity (Wildman–Crippen MR) is 113 cm³/mol. The summed E-state index contributed by atoms with van der Waals surface area (Å²) in [6.07, 6.45) is -16.5. The van der Waals surface area contributed by atoms with Crippen molar-refractivity contribution < 1.29 is 59.7 Å². The minimum absolute atomic E-state index is 0.0272. The number of aryl methyl sites for hydroxylation is 1. The monoisotopic (exact) mass is 536 g/mol. The molecule has 2 aromatic carbocycles. The molecule has 15 heteroatoms. The molecule has 1 heterocycles. The number of carbonyl (C=O) groups is 2. The third kappa shape index (κ3) is 5.06. The van der Waals surface area contributed by atoms with E-state index >= 15 is 0 Å². The number of methoxy groups -OCH3 is 3. The average molecular weight is 536 g/mol. The number of alkyl halides is 6. The van der Waals surface area contributed by atoms with Crippen LogP contribution in [-0.2, 0) is 11.8 Å². The van der Waals surface area contributed by atoms with Crippen molar-refractivity contribution in [3.8, 4) is 17.2 Å². The minimum Gasteiger partial charge on any atom is -0.595 e. The topological polar surface area (TPSA) is 103 Å². The van der Waals surface area contributed by atoms with E-state index in [0.717, 1.165) is 25.0 Å². The van der Waals surface area contributed by atoms with Crippen molar-refractivity contribution in [1.82, 2.24) is 4.68 Å². The van der Waals surface area contributed by atoms with Gasteiger partial charge < -0.3 is 24.2 Å². The number of ketones is 1. The van der Waals surface area contributed by atoms with Crippen LogP contribution in [0.4, 0.5) is 26.3 Å². The molecule has 1 aromatic heterocycles. The van der Waals surface area contributed by atoms with Crippen molar-refractivity contribution in [3.05, 3.63) is 52.4 Å². The highest BCUT2D eigenvalue weighted by molar-refractivity contribution is 6.18. The van der Waals surface area contributed by atoms with E-state index in [-0.39, 0.29) is 33.0 Å². The molecule has 0 spiro atoms. The quantitative estimate of drug-likeness (QED) is 0.149. The van der Waals surface area contributed by atoms with Crippen LogP contribution in [0.15, 0.2) is 30.3 Å². The van der Waals surface area contributed by atoms with Crippen LogP contribution in [0, 0.1) is 5.21 Å². The third-order valence-electron chi connectivity index (χ3n) is 5.29. The first-order valence-electron chi connectivity index (χ1n) is 10.1. The zero-order chi connectivity index (χ0) is 27.9. The number of hydrogen-bond donors (Lipinski definition) is 0. The summed E-state index contributed by atoms with van der Waals surface area (Å²) in [7, 11) is 4.83. The number of fused-ring (bicyclic) bond motifs is 1. The third-order valence-corrected chi connectivity index (χ3v) is 5.29. The number of esters is 1. The van der Waals surface area contributed by atoms with E-state index in [1.54, 1.807) is 0 Å². The first kappa shape index (κ1) is 27.4. The lowest BCUT2D eigenvalue weighted by molar-refractivity contribution is -0.690. The fourth-order valence-electron chi connectivity index (χ4n) is 3.53. The first-order valence-corrected chi connectivity index (χ1v) is 10.1. The summed E-state index contributed by atoms with van der Waals surface area (Å²) < 4.78 is 98.0. The molecule has 0 atom stereocenters. The van der Waals surface area contributed by atoms with Crippen LogP contribution in [0.1, 0.15) is 26.4 Å². The largest absolute Gasteiger partial charge is 0.595 e. The van der Waals surface area contributed by atoms with Gasteiger partial charge in [-0.25, -0.2) is 4.79 Å². The standard InChI is InChI=1S/C22H18F6N2O7/c1-29-14-6-5-10(34-2)7-13(14)17(30(29)33)18(31)11-8-15(35-3)16(36-4)9-12(11)19(32)37-20(21(23,24)25)22(26,27)28/h5-9,20H,1-4H3. The molecule has 3 rings (SSSR count). The second kappa shape index (κ2) is 9.71. The first-order chi connectivity index (χ1) is 17.1. The van der Waals surface area contributed by atoms with E-state index in [0.29, 0.717) is 6.07 Å². The van der Waals surface area contributed by atoms with Gasteiger partial charge in [0.25, 0.3) is 17.6 Å². The molecular weight excluding hydrogens is 518 g/mol. The second-order valence-electron chi connectivity index (χ2n) is 7.48. The van der Waals surface area contributed by atoms with Crippen molar-refractivity contribution in [3.63, 3.8) is 0 Å². The lowest BCUT2D eigenvalue weighted by Crippen LogP contribution is -2.45. The van der Waals surface area contributed by atoms with Crippen molar-refractivity contribution in [2.24, 2.45) is 7.05 Å². The number of halogens is 6. The molecule has 0 aliphatic rings. The molecule has 0 saturated carbocycles. The maximum Gasteiger partial charge on any atom is 0.434 e. The van der Waals surface area contributed by atoms with Crippen LogP contribution in [0.25, 0.3) is 10.9 Å². The number of hydrogen-bond acceptors (Lipinski definition) is 7. The van der Waals surface area contributed by atoms with Gasteiger partial charge in [0.1, 0.15) is 11.3 Å². The van der Waals surface area contributed by atoms with Crippen LogP contribution in [0.2, 0.25) is 0 Å². The highest BCUT2D eigenvalue weighted by atomic mass is 19.4. The minimum atomic E-state index is -6.00. The van der Waals surface area contributed by atoms with Crippen LogP contribution in [0.5, 0.6) is 17.2 Å². The highest BCUT2D eigenvalue weighted by Crippen LogP contribution is 2.38. The summed E-state index contributed by atoms with van der Waals surface area (Å²) in [4.78, 5) is 26.3. The Labute approximate surface area is 204 Å². The number of nitrogens with zero attached hydrogens (tertiary/aromatic N) is 2. The van der Waals surface area contributed by atoms with Gasteiger partial charge in [-0.3, -0.25) is 4.79 Å². The average Bonchev–Trinajstić information content (AvgIpc) is 3.08. The zero-order valence-electron chi connectivity index (χ0n) is 19.5. The molecule has 0 saturated heterocycles. The predicted octanol–water partition coefficient (Wildman–Crippen LogP) is 3.72. The van der Waals surface area contributed by atoms with E-state index in [9.17, 15) is 41.1 Å². The van der Waals surface area contributed by atoms with Crippen LogP contribution < -0.4 is 19.1 Å². The maximum absolute atomic E-state index is 13.5. The van der Waals surface area contributed by atoms with Crippen molar-refractivity contribution in [1.29, 1.82) is 0 Å². The number of ether oxygens (including phenoxy) is 4. The smallest absolute Gasteiger partial charge is 0.434 e. The summed E-state index contributed by atoms with van der Waals surface area (Å²) >= 11 is 0. The van der Waals surface area contributed by atoms with Gasteiger partial charge in [0, 0.05) is 5.56 Å². The molecule has 0 amide bonds. The summed E-state index contributed by atoms with van der Waals surface area (Å²) in [5.74, 6) is -3.65. The molecule has 9 nitrogen and oxygen atoms in total. The Morgan fingerprint density at radius 3 is 1.92 bits per heavy atom. The van der Waals surface area contributed by atoms with Crippen LogP contribution in [0.3, 0.4) is 0 Å². The van der Waals surface area contributed by atoms with E-state index in [1.807, 2.05) is 0 Å². The summed E-state index contributed by atoms with van der Waals surface area (Å²) in [6.45, 7) is 0. The molecule has 0 bridgehead atoms. The molecule has 0 N–H and O–H groups in total. The van der Waals surface area contributed by atoms with Gasteiger partial charge in [-0.05, 0) is 30.3 Å². The molecule has 0 fully saturated rings. The Morgan fingerprint density at radius 1 is 0.892 bits per heavy atom. The van der Waals surface area contributed by atoms with E-state index in [4.69, 9.17) is 14.2 Å². The molecular formula is C22H18F6N2O7. The summed E-state index contributed by atoms with van der Waals surface area (Å²) in [5.41, 5.74) is -2.16. The molecule has 0 aliphatic carbocycles. The number of benzene rings is 2. The molecule has 200 valence electrons. The molecule has 37 heavy (non-hydrogen) atoms. The van der Waals surface area contributed by atoms with Gasteiger partial charge in [-0.2, -0.15) is 26.3 Å². The number of rotatable bonds is 7. The van der Waals surface area contributed by atoms with Crippen molar-refractivity contribution in [2.45, 2.75) is 18.5 Å². The number of carbonyl (C=O) groups excluding carboxylic acids is 2. The zero-order valence-corrected chi connectivity index (χ0v) is 19.5. The fourth-order valence-corrected chi connectivity index (χ4v) is 3.53. The Bertz CT molecular complexity index is 1350. The van der Waals surface area contributed by atoms with Gasteiger partial charge in [-0.15, -0.1) is 4.68 Å². The van der Waals surface area contributed by atoms with Crippen LogP contribution >= 0.6 is 0 Å². The van der Waals surface area contributed by atoms with E-state index < -0.39 is 47.0 Å². The Hall–Kier alpha value is -4.17. The Balaban J connectivity index is 2.25. The number of aromatic nitrogens is 2. The molecule has 0 radical (unpaired) electrons. The maximum atomic E-state index is 13.5. The molecule has 0 unspecified atom stereocenters. The Morgan fingerprint density at radius 2 is 1.43 bits per heavy atom. The van der Waals surface area contributed by atoms with Gasteiger partial charge in [0.15, 0.2) is 11.5 Å². The molecule has 3 aromatic rings. The van der Waals surface area contributed by atoms with Gasteiger partial charge in [-0.1, -0.05) is 4.85 Å². The fraction of sp³-hybridized carbons (Fsp3) is 0.318. The van der Waals surface area contributed by atoms with E-state index in [1.165, 1.54) is 32.4 Å². The normalized spacial score (nSPS) is 12.1. The Kier molecular flexibility index (Phi) is 7.19. The van der Waals surface area contributed by atoms with Crippen molar-refractivity contribution in [2.75, 3.05) is 21.3 Å². The summed E-state index contributed by atoms with van der Waals surface area (Å²) in [5, 5.41) is 12.9.